The molecule has 1 fully saturated rings. The Balaban J connectivity index is 1.67. The van der Waals surface area contributed by atoms with Crippen LogP contribution in [0.2, 0.25) is 0 Å². The topological polar surface area (TPSA) is 64.6 Å². The summed E-state index contributed by atoms with van der Waals surface area (Å²) in [5, 5.41) is 2.58. The predicted molar refractivity (Wildman–Crippen MR) is 63.6 cm³/mol. The van der Waals surface area contributed by atoms with Gasteiger partial charge in [-0.05, 0) is 5.56 Å². The summed E-state index contributed by atoms with van der Waals surface area (Å²) in [6.07, 6.45) is 0.531. The number of carbonyl (C=O) groups is 2. The van der Waals surface area contributed by atoms with Gasteiger partial charge in [0.05, 0.1) is 13.2 Å². The Hall–Kier alpha value is -1.88. The molecule has 1 heterocycles. The van der Waals surface area contributed by atoms with Gasteiger partial charge in [0.1, 0.15) is 12.6 Å². The number of hydrogen-bond acceptors (Lipinski definition) is 4. The summed E-state index contributed by atoms with van der Waals surface area (Å²) >= 11 is 0. The van der Waals surface area contributed by atoms with E-state index in [1.54, 1.807) is 0 Å². The zero-order chi connectivity index (χ0) is 12.8. The van der Waals surface area contributed by atoms with Gasteiger partial charge in [-0.15, -0.1) is 0 Å². The summed E-state index contributed by atoms with van der Waals surface area (Å²) in [7, 11) is 0. The van der Waals surface area contributed by atoms with Crippen LogP contribution in [0.1, 0.15) is 12.0 Å². The zero-order valence-electron chi connectivity index (χ0n) is 9.93. The van der Waals surface area contributed by atoms with E-state index in [1.165, 1.54) is 0 Å². The molecule has 2 rings (SSSR count). The molecular weight excluding hydrogens is 234 g/mol. The van der Waals surface area contributed by atoms with Crippen molar-refractivity contribution >= 4 is 11.9 Å². The highest BCUT2D eigenvalue weighted by molar-refractivity contribution is 5.85. The molecular formula is C13H15NO4. The van der Waals surface area contributed by atoms with E-state index in [0.717, 1.165) is 5.56 Å². The number of esters is 1. The van der Waals surface area contributed by atoms with Gasteiger partial charge in [0.2, 0.25) is 5.91 Å². The van der Waals surface area contributed by atoms with Gasteiger partial charge in [-0.3, -0.25) is 4.79 Å². The molecule has 0 aromatic heterocycles. The largest absolute Gasteiger partial charge is 0.464 e. The number of carbonyl (C=O) groups excluding carboxylic acids is 2. The van der Waals surface area contributed by atoms with Gasteiger partial charge >= 0.3 is 5.97 Å². The third-order valence-corrected chi connectivity index (χ3v) is 2.62. The van der Waals surface area contributed by atoms with Crippen molar-refractivity contribution in [3.63, 3.8) is 0 Å². The average Bonchev–Trinajstić information content (AvgIpc) is 2.76. The van der Waals surface area contributed by atoms with E-state index in [0.29, 0.717) is 19.6 Å². The summed E-state index contributed by atoms with van der Waals surface area (Å²) in [5.41, 5.74) is 1.01. The molecule has 0 aliphatic carbocycles. The number of ether oxygens (including phenoxy) is 2. The lowest BCUT2D eigenvalue weighted by Gasteiger charge is -2.09. The fraction of sp³-hybridized carbons (Fsp3) is 0.385. The third kappa shape index (κ3) is 3.56. The van der Waals surface area contributed by atoms with Crippen molar-refractivity contribution in [2.45, 2.75) is 19.1 Å². The molecule has 0 radical (unpaired) electrons. The lowest BCUT2D eigenvalue weighted by atomic mass is 10.2. The molecule has 0 bridgehead atoms. The van der Waals surface area contributed by atoms with E-state index in [1.807, 2.05) is 30.3 Å². The van der Waals surface area contributed by atoms with E-state index in [9.17, 15) is 9.59 Å². The highest BCUT2D eigenvalue weighted by Gasteiger charge is 2.27. The molecule has 1 aliphatic heterocycles. The normalized spacial score (nSPS) is 18.4. The quantitative estimate of drug-likeness (QED) is 0.778. The maximum atomic E-state index is 11.5. The monoisotopic (exact) mass is 249 g/mol. The van der Waals surface area contributed by atoms with Gasteiger partial charge < -0.3 is 14.8 Å². The minimum Gasteiger partial charge on any atom is -0.464 e. The van der Waals surface area contributed by atoms with Crippen molar-refractivity contribution in [1.82, 2.24) is 5.32 Å². The molecule has 5 heteroatoms. The first-order chi connectivity index (χ1) is 8.75. The maximum absolute atomic E-state index is 11.5. The SMILES string of the molecule is O=C(COCc1ccccc1)N[C@@H]1CCOC1=O. The molecule has 1 saturated heterocycles. The number of amides is 1. The van der Waals surface area contributed by atoms with Crippen LogP contribution in [-0.2, 0) is 25.7 Å². The first-order valence-corrected chi connectivity index (χ1v) is 5.83. The van der Waals surface area contributed by atoms with Gasteiger partial charge in [-0.1, -0.05) is 30.3 Å². The Morgan fingerprint density at radius 3 is 2.83 bits per heavy atom. The lowest BCUT2D eigenvalue weighted by Crippen LogP contribution is -2.39. The molecule has 18 heavy (non-hydrogen) atoms. The molecule has 1 N–H and O–H groups in total. The van der Waals surface area contributed by atoms with Crippen LogP contribution in [-0.4, -0.2) is 31.1 Å². The summed E-state index contributed by atoms with van der Waals surface area (Å²) in [4.78, 5) is 22.6. The van der Waals surface area contributed by atoms with Crippen LogP contribution in [0.25, 0.3) is 0 Å². The Morgan fingerprint density at radius 2 is 2.17 bits per heavy atom. The molecule has 0 saturated carbocycles. The second kappa shape index (κ2) is 6.16. The van der Waals surface area contributed by atoms with E-state index >= 15 is 0 Å². The fourth-order valence-corrected chi connectivity index (χ4v) is 1.70. The van der Waals surface area contributed by atoms with Crippen molar-refractivity contribution < 1.29 is 19.1 Å². The minimum absolute atomic E-state index is 0.0569. The van der Waals surface area contributed by atoms with Crippen LogP contribution in [0.3, 0.4) is 0 Å². The van der Waals surface area contributed by atoms with Crippen LogP contribution >= 0.6 is 0 Å². The van der Waals surface area contributed by atoms with E-state index < -0.39 is 6.04 Å². The minimum atomic E-state index is -0.516. The number of nitrogens with one attached hydrogen (secondary N) is 1. The Morgan fingerprint density at radius 1 is 1.39 bits per heavy atom. The summed E-state index contributed by atoms with van der Waals surface area (Å²) in [5.74, 6) is -0.666. The van der Waals surface area contributed by atoms with Gasteiger partial charge in [-0.2, -0.15) is 0 Å². The second-order valence-electron chi connectivity index (χ2n) is 4.05. The van der Waals surface area contributed by atoms with Crippen LogP contribution in [0, 0.1) is 0 Å². The first kappa shape index (κ1) is 12.6. The smallest absolute Gasteiger partial charge is 0.328 e. The van der Waals surface area contributed by atoms with E-state index in [2.05, 4.69) is 5.32 Å². The van der Waals surface area contributed by atoms with Crippen LogP contribution in [0.4, 0.5) is 0 Å². The molecule has 1 amide bonds. The molecule has 0 spiro atoms. The van der Waals surface area contributed by atoms with Crippen molar-refractivity contribution in [3.05, 3.63) is 35.9 Å². The number of rotatable bonds is 5. The second-order valence-corrected chi connectivity index (χ2v) is 4.05. The molecule has 1 aliphatic rings. The average molecular weight is 249 g/mol. The lowest BCUT2D eigenvalue weighted by molar-refractivity contribution is -0.142. The highest BCUT2D eigenvalue weighted by Crippen LogP contribution is 2.05. The molecule has 0 unspecified atom stereocenters. The molecule has 96 valence electrons. The standard InChI is InChI=1S/C13H15NO4/c15-12(14-11-6-7-18-13(11)16)9-17-8-10-4-2-1-3-5-10/h1-5,11H,6-9H2,(H,14,15)/t11-/m1/s1. The van der Waals surface area contributed by atoms with E-state index in [-0.39, 0.29) is 18.5 Å². The summed E-state index contributed by atoms with van der Waals surface area (Å²) in [6.45, 7) is 0.691. The Labute approximate surface area is 105 Å². The Kier molecular flexibility index (Phi) is 4.30. The number of cyclic esters (lactones) is 1. The molecule has 1 aromatic rings. The van der Waals surface area contributed by atoms with Crippen molar-refractivity contribution in [2.75, 3.05) is 13.2 Å². The highest BCUT2D eigenvalue weighted by atomic mass is 16.5. The predicted octanol–water partition coefficient (Wildman–Crippen LogP) is 0.635. The number of hydrogen-bond donors (Lipinski definition) is 1. The fourth-order valence-electron chi connectivity index (χ4n) is 1.70. The molecule has 1 atom stereocenters. The van der Waals surface area contributed by atoms with Crippen molar-refractivity contribution in [2.24, 2.45) is 0 Å². The number of benzene rings is 1. The van der Waals surface area contributed by atoms with Crippen molar-refractivity contribution in [1.29, 1.82) is 0 Å². The van der Waals surface area contributed by atoms with Gasteiger partial charge in [0, 0.05) is 6.42 Å². The summed E-state index contributed by atoms with van der Waals surface area (Å²) < 4.78 is 10.0. The third-order valence-electron chi connectivity index (χ3n) is 2.62. The molecule has 1 aromatic carbocycles. The van der Waals surface area contributed by atoms with Crippen LogP contribution in [0.5, 0.6) is 0 Å². The van der Waals surface area contributed by atoms with Gasteiger partial charge in [0.25, 0.3) is 0 Å². The molecule has 5 nitrogen and oxygen atoms in total. The first-order valence-electron chi connectivity index (χ1n) is 5.83. The Bertz CT molecular complexity index is 418. The summed E-state index contributed by atoms with van der Waals surface area (Å²) in [6, 6.07) is 9.07. The van der Waals surface area contributed by atoms with Crippen molar-refractivity contribution in [3.8, 4) is 0 Å². The van der Waals surface area contributed by atoms with Crippen LogP contribution in [0.15, 0.2) is 30.3 Å². The van der Waals surface area contributed by atoms with Gasteiger partial charge in [0.15, 0.2) is 0 Å². The van der Waals surface area contributed by atoms with E-state index in [4.69, 9.17) is 9.47 Å². The maximum Gasteiger partial charge on any atom is 0.328 e. The zero-order valence-corrected chi connectivity index (χ0v) is 9.93. The van der Waals surface area contributed by atoms with Gasteiger partial charge in [-0.25, -0.2) is 4.79 Å². The van der Waals surface area contributed by atoms with Crippen LogP contribution < -0.4 is 5.32 Å².